The van der Waals surface area contributed by atoms with E-state index in [0.717, 1.165) is 6.26 Å². The van der Waals surface area contributed by atoms with Crippen molar-refractivity contribution >= 4 is 27.6 Å². The molecule has 1 heterocycles. The van der Waals surface area contributed by atoms with Crippen molar-refractivity contribution in [1.29, 1.82) is 0 Å². The summed E-state index contributed by atoms with van der Waals surface area (Å²) in [5.41, 5.74) is 0.490. The number of hydrogen-bond acceptors (Lipinski definition) is 5. The highest BCUT2D eigenvalue weighted by molar-refractivity contribution is 7.86. The van der Waals surface area contributed by atoms with Gasteiger partial charge in [-0.05, 0) is 19.9 Å². The van der Waals surface area contributed by atoms with Crippen molar-refractivity contribution in [2.24, 2.45) is 0 Å². The van der Waals surface area contributed by atoms with Crippen molar-refractivity contribution in [2.75, 3.05) is 19.4 Å². The maximum absolute atomic E-state index is 14.6. The van der Waals surface area contributed by atoms with Crippen LogP contribution in [0.2, 0.25) is 5.02 Å². The van der Waals surface area contributed by atoms with Gasteiger partial charge < -0.3 is 10.1 Å². The van der Waals surface area contributed by atoms with Gasteiger partial charge in [0, 0.05) is 30.0 Å². The predicted octanol–water partition coefficient (Wildman–Crippen LogP) is 2.52. The van der Waals surface area contributed by atoms with Gasteiger partial charge in [0.2, 0.25) is 5.91 Å². The van der Waals surface area contributed by atoms with Crippen LogP contribution in [-0.2, 0) is 19.1 Å². The lowest BCUT2D eigenvalue weighted by Gasteiger charge is -2.22. The van der Waals surface area contributed by atoms with Gasteiger partial charge >= 0.3 is 0 Å². The van der Waals surface area contributed by atoms with E-state index in [9.17, 15) is 17.6 Å². The Morgan fingerprint density at radius 3 is 2.67 bits per heavy atom. The molecule has 1 N–H and O–H groups in total. The quantitative estimate of drug-likeness (QED) is 0.768. The van der Waals surface area contributed by atoms with Crippen LogP contribution in [0.15, 0.2) is 6.07 Å². The molecule has 9 heteroatoms. The minimum atomic E-state index is -3.73. The third kappa shape index (κ3) is 4.17. The second-order valence-corrected chi connectivity index (χ2v) is 7.59. The van der Waals surface area contributed by atoms with Crippen molar-refractivity contribution in [1.82, 2.24) is 5.32 Å². The van der Waals surface area contributed by atoms with Crippen LogP contribution in [0.4, 0.5) is 4.39 Å². The van der Waals surface area contributed by atoms with Crippen molar-refractivity contribution in [3.8, 4) is 5.75 Å². The van der Waals surface area contributed by atoms with E-state index in [1.165, 1.54) is 13.0 Å². The summed E-state index contributed by atoms with van der Waals surface area (Å²) < 4.78 is 48.0. The molecule has 0 aliphatic carbocycles. The number of carbonyl (C=O) groups excluding carboxylic acids is 1. The molecule has 0 spiro atoms. The first-order chi connectivity index (χ1) is 11.1. The molecule has 1 saturated heterocycles. The Morgan fingerprint density at radius 1 is 1.50 bits per heavy atom. The Balaban J connectivity index is 2.58. The van der Waals surface area contributed by atoms with Gasteiger partial charge in [0.15, 0.2) is 0 Å². The number of halogens is 2. The van der Waals surface area contributed by atoms with Gasteiger partial charge in [0.1, 0.15) is 17.7 Å². The van der Waals surface area contributed by atoms with Gasteiger partial charge in [-0.3, -0.25) is 8.98 Å². The Labute approximate surface area is 145 Å². The van der Waals surface area contributed by atoms with E-state index in [2.05, 4.69) is 5.32 Å². The maximum Gasteiger partial charge on any atom is 0.264 e. The first-order valence-electron chi connectivity index (χ1n) is 7.43. The van der Waals surface area contributed by atoms with Crippen LogP contribution in [0, 0.1) is 5.82 Å². The SMILES string of the molecule is CCOc1c(C(C)OS(C)(=O)=O)cc(Cl)c(F)c1[C@@H]1CNC(=O)C1. The number of hydrogen-bond donors (Lipinski definition) is 1. The lowest BCUT2D eigenvalue weighted by Crippen LogP contribution is -2.15. The van der Waals surface area contributed by atoms with E-state index in [1.54, 1.807) is 6.92 Å². The summed E-state index contributed by atoms with van der Waals surface area (Å²) in [5.74, 6) is -1.13. The third-order valence-electron chi connectivity index (χ3n) is 3.67. The van der Waals surface area contributed by atoms with Crippen LogP contribution in [-0.4, -0.2) is 33.7 Å². The van der Waals surface area contributed by atoms with Crippen LogP contribution >= 0.6 is 11.6 Å². The zero-order chi connectivity index (χ0) is 18.1. The van der Waals surface area contributed by atoms with Crippen molar-refractivity contribution in [3.05, 3.63) is 28.0 Å². The van der Waals surface area contributed by atoms with Gasteiger partial charge in [-0.1, -0.05) is 11.6 Å². The molecule has 1 fully saturated rings. The number of rotatable bonds is 6. The summed E-state index contributed by atoms with van der Waals surface area (Å²) in [6.07, 6.45) is 0.122. The third-order valence-corrected chi connectivity index (χ3v) is 4.58. The molecule has 134 valence electrons. The van der Waals surface area contributed by atoms with Gasteiger partial charge in [0.25, 0.3) is 10.1 Å². The van der Waals surface area contributed by atoms with Crippen molar-refractivity contribution < 1.29 is 26.5 Å². The van der Waals surface area contributed by atoms with Gasteiger partial charge in [-0.15, -0.1) is 0 Å². The minimum absolute atomic E-state index is 0.109. The Kier molecular flexibility index (Phi) is 5.72. The lowest BCUT2D eigenvalue weighted by molar-refractivity contribution is -0.119. The van der Waals surface area contributed by atoms with E-state index in [0.29, 0.717) is 5.56 Å². The summed E-state index contributed by atoms with van der Waals surface area (Å²) in [5, 5.41) is 2.47. The number of ether oxygens (including phenoxy) is 1. The van der Waals surface area contributed by atoms with Crippen LogP contribution in [0.5, 0.6) is 5.75 Å². The van der Waals surface area contributed by atoms with E-state index >= 15 is 0 Å². The highest BCUT2D eigenvalue weighted by Gasteiger charge is 2.33. The van der Waals surface area contributed by atoms with Gasteiger partial charge in [-0.2, -0.15) is 8.42 Å². The fourth-order valence-corrected chi connectivity index (χ4v) is 3.59. The molecular formula is C15H19ClFNO5S. The lowest BCUT2D eigenvalue weighted by atomic mass is 9.93. The van der Waals surface area contributed by atoms with Crippen molar-refractivity contribution in [3.63, 3.8) is 0 Å². The zero-order valence-electron chi connectivity index (χ0n) is 13.6. The average Bonchev–Trinajstić information content (AvgIpc) is 2.87. The molecule has 1 unspecified atom stereocenters. The van der Waals surface area contributed by atoms with Crippen LogP contribution in [0.1, 0.15) is 43.4 Å². The molecule has 6 nitrogen and oxygen atoms in total. The first-order valence-corrected chi connectivity index (χ1v) is 9.63. The molecule has 2 atom stereocenters. The normalized spacial score (nSPS) is 19.2. The molecule has 2 rings (SSSR count). The monoisotopic (exact) mass is 379 g/mol. The number of carbonyl (C=O) groups is 1. The van der Waals surface area contributed by atoms with Gasteiger partial charge in [0.05, 0.1) is 17.9 Å². The summed E-state index contributed by atoms with van der Waals surface area (Å²) in [7, 11) is -3.73. The fourth-order valence-electron chi connectivity index (χ4n) is 2.74. The van der Waals surface area contributed by atoms with Crippen LogP contribution in [0.25, 0.3) is 0 Å². The van der Waals surface area contributed by atoms with E-state index < -0.39 is 28.0 Å². The summed E-state index contributed by atoms with van der Waals surface area (Å²) in [6, 6.07) is 1.30. The smallest absolute Gasteiger partial charge is 0.264 e. The largest absolute Gasteiger partial charge is 0.493 e. The molecule has 1 amide bonds. The molecule has 1 aromatic rings. The molecule has 1 aliphatic heterocycles. The summed E-state index contributed by atoms with van der Waals surface area (Å²) in [4.78, 5) is 11.5. The maximum atomic E-state index is 14.6. The number of benzene rings is 1. The Hall–Kier alpha value is -1.38. The van der Waals surface area contributed by atoms with E-state index in [-0.39, 0.29) is 41.8 Å². The molecule has 1 aliphatic rings. The average molecular weight is 380 g/mol. The summed E-state index contributed by atoms with van der Waals surface area (Å²) in [6.45, 7) is 3.73. The minimum Gasteiger partial charge on any atom is -0.493 e. The summed E-state index contributed by atoms with van der Waals surface area (Å²) >= 11 is 5.98. The predicted molar refractivity (Wildman–Crippen MR) is 87.3 cm³/mol. The van der Waals surface area contributed by atoms with E-state index in [4.69, 9.17) is 20.5 Å². The second-order valence-electron chi connectivity index (χ2n) is 5.59. The van der Waals surface area contributed by atoms with Crippen LogP contribution in [0.3, 0.4) is 0 Å². The van der Waals surface area contributed by atoms with Gasteiger partial charge in [-0.25, -0.2) is 4.39 Å². The topological polar surface area (TPSA) is 81.7 Å². The standard InChI is InChI=1S/C15H19ClFNO5S/c1-4-22-15-10(8(2)23-24(3,20)21)6-11(16)14(17)13(15)9-5-12(19)18-7-9/h6,8-9H,4-5,7H2,1-3H3,(H,18,19)/t8?,9-/m0/s1. The molecule has 0 saturated carbocycles. The number of amides is 1. The van der Waals surface area contributed by atoms with E-state index in [1.807, 2.05) is 0 Å². The van der Waals surface area contributed by atoms with Crippen LogP contribution < -0.4 is 10.1 Å². The van der Waals surface area contributed by atoms with Crippen molar-refractivity contribution in [2.45, 2.75) is 32.3 Å². The molecule has 0 radical (unpaired) electrons. The molecule has 24 heavy (non-hydrogen) atoms. The highest BCUT2D eigenvalue weighted by atomic mass is 35.5. The fraction of sp³-hybridized carbons (Fsp3) is 0.533. The Bertz CT molecular complexity index is 753. The molecular weight excluding hydrogens is 361 g/mol. The second kappa shape index (κ2) is 7.25. The zero-order valence-corrected chi connectivity index (χ0v) is 15.1. The Morgan fingerprint density at radius 2 is 2.17 bits per heavy atom. The highest BCUT2D eigenvalue weighted by Crippen LogP contribution is 2.42. The first kappa shape index (κ1) is 19.0. The molecule has 1 aromatic carbocycles. The molecule has 0 aromatic heterocycles. The number of nitrogens with one attached hydrogen (secondary N) is 1. The molecule has 0 bridgehead atoms.